The van der Waals surface area contributed by atoms with Crippen molar-refractivity contribution in [1.29, 1.82) is 0 Å². The largest absolute Gasteiger partial charge is 0.481 e. The Balaban J connectivity index is 0.000000225. The Morgan fingerprint density at radius 2 is 1.27 bits per heavy atom. The first kappa shape index (κ1) is 18.9. The van der Waals surface area contributed by atoms with E-state index in [-0.39, 0.29) is 12.8 Å². The molecule has 0 aromatic carbocycles. The molecule has 128 valence electrons. The van der Waals surface area contributed by atoms with Crippen LogP contribution in [0.2, 0.25) is 0 Å². The highest BCUT2D eigenvalue weighted by Gasteiger charge is 2.24. The highest BCUT2D eigenvalue weighted by molar-refractivity contribution is 5.74. The van der Waals surface area contributed by atoms with E-state index in [0.717, 1.165) is 11.8 Å². The Kier molecular flexibility index (Phi) is 9.13. The highest BCUT2D eigenvalue weighted by Crippen LogP contribution is 2.37. The molecule has 0 radical (unpaired) electrons. The summed E-state index contributed by atoms with van der Waals surface area (Å²) in [4.78, 5) is 19.9. The molecule has 0 saturated heterocycles. The fraction of sp³-hybridized carbons (Fsp3) is 0.882. The van der Waals surface area contributed by atoms with Gasteiger partial charge < -0.3 is 15.9 Å². The van der Waals surface area contributed by atoms with E-state index in [1.165, 1.54) is 38.5 Å². The molecule has 0 heterocycles. The van der Waals surface area contributed by atoms with Crippen molar-refractivity contribution in [2.24, 2.45) is 17.6 Å². The van der Waals surface area contributed by atoms with E-state index in [1.54, 1.807) is 25.7 Å². The summed E-state index contributed by atoms with van der Waals surface area (Å²) in [7, 11) is 0. The molecule has 2 aliphatic carbocycles. The van der Waals surface area contributed by atoms with Gasteiger partial charge in [-0.3, -0.25) is 9.59 Å². The monoisotopic (exact) mass is 313 g/mol. The van der Waals surface area contributed by atoms with Crippen LogP contribution in [0.3, 0.4) is 0 Å². The molecule has 0 amide bonds. The normalized spacial score (nSPS) is 21.5. The first-order valence-corrected chi connectivity index (χ1v) is 8.71. The lowest BCUT2D eigenvalue weighted by molar-refractivity contribution is -0.139. The average molecular weight is 313 g/mol. The van der Waals surface area contributed by atoms with Gasteiger partial charge in [0.25, 0.3) is 0 Å². The number of carbonyl (C=O) groups is 2. The van der Waals surface area contributed by atoms with Crippen LogP contribution in [0.15, 0.2) is 0 Å². The number of carboxylic acid groups (broad SMARTS) is 2. The van der Waals surface area contributed by atoms with Gasteiger partial charge >= 0.3 is 11.9 Å². The number of hydrogen-bond acceptors (Lipinski definition) is 3. The second-order valence-corrected chi connectivity index (χ2v) is 6.67. The van der Waals surface area contributed by atoms with Crippen molar-refractivity contribution in [3.8, 4) is 0 Å². The fourth-order valence-corrected chi connectivity index (χ4v) is 3.61. The van der Waals surface area contributed by atoms with E-state index >= 15 is 0 Å². The van der Waals surface area contributed by atoms with Crippen molar-refractivity contribution in [1.82, 2.24) is 0 Å². The van der Waals surface area contributed by atoms with Crippen LogP contribution in [0, 0.1) is 11.8 Å². The predicted octanol–water partition coefficient (Wildman–Crippen LogP) is 3.41. The standard InChI is InChI=1S/C12H22.C5H9NO4/c1-3-7-11(8-4-1)12-9-5-2-6-10-12;6-3(5(9)10)1-2-4(7)8/h11-12H,1-10H2;3H,1-2,6H2,(H,7,8)(H,9,10). The van der Waals surface area contributed by atoms with Gasteiger partial charge in [-0.25, -0.2) is 0 Å². The summed E-state index contributed by atoms with van der Waals surface area (Å²) >= 11 is 0. The van der Waals surface area contributed by atoms with E-state index in [1.807, 2.05) is 0 Å². The molecule has 1 atom stereocenters. The topological polar surface area (TPSA) is 101 Å². The van der Waals surface area contributed by atoms with Gasteiger partial charge in [0.1, 0.15) is 6.04 Å². The van der Waals surface area contributed by atoms with Gasteiger partial charge in [0, 0.05) is 6.42 Å². The molecule has 4 N–H and O–H groups in total. The third-order valence-electron chi connectivity index (χ3n) is 4.95. The highest BCUT2D eigenvalue weighted by atomic mass is 16.4. The van der Waals surface area contributed by atoms with Gasteiger partial charge in [-0.1, -0.05) is 64.2 Å². The van der Waals surface area contributed by atoms with Gasteiger partial charge in [-0.2, -0.15) is 0 Å². The van der Waals surface area contributed by atoms with E-state index in [0.29, 0.717) is 0 Å². The summed E-state index contributed by atoms with van der Waals surface area (Å²) in [6.07, 6.45) is 15.2. The van der Waals surface area contributed by atoms with Crippen molar-refractivity contribution in [2.45, 2.75) is 83.1 Å². The lowest BCUT2D eigenvalue weighted by atomic mass is 9.73. The molecule has 0 aromatic rings. The molecule has 0 spiro atoms. The molecule has 1 unspecified atom stereocenters. The van der Waals surface area contributed by atoms with E-state index in [2.05, 4.69) is 0 Å². The first-order chi connectivity index (χ1) is 10.5. The third kappa shape index (κ3) is 7.78. The number of carboxylic acids is 2. The van der Waals surface area contributed by atoms with Crippen LogP contribution in [0.25, 0.3) is 0 Å². The number of nitrogens with two attached hydrogens (primary N) is 1. The Hall–Kier alpha value is -1.10. The maximum Gasteiger partial charge on any atom is 0.320 e. The molecule has 0 aliphatic heterocycles. The molecule has 2 rings (SSSR count). The second-order valence-electron chi connectivity index (χ2n) is 6.67. The minimum absolute atomic E-state index is 0.0231. The van der Waals surface area contributed by atoms with Gasteiger partial charge in [0.05, 0.1) is 0 Å². The summed E-state index contributed by atoms with van der Waals surface area (Å²) in [5.41, 5.74) is 5.00. The zero-order chi connectivity index (χ0) is 16.4. The minimum Gasteiger partial charge on any atom is -0.481 e. The van der Waals surface area contributed by atoms with E-state index < -0.39 is 18.0 Å². The summed E-state index contributed by atoms with van der Waals surface area (Å²) in [6.45, 7) is 0. The lowest BCUT2D eigenvalue weighted by Gasteiger charge is -2.32. The molecule has 0 bridgehead atoms. The van der Waals surface area contributed by atoms with Crippen molar-refractivity contribution >= 4 is 11.9 Å². The summed E-state index contributed by atoms with van der Waals surface area (Å²) in [6, 6.07) is -1.06. The Morgan fingerprint density at radius 3 is 1.59 bits per heavy atom. The molecular weight excluding hydrogens is 282 g/mol. The van der Waals surface area contributed by atoms with Crippen LogP contribution in [-0.2, 0) is 9.59 Å². The number of rotatable bonds is 5. The van der Waals surface area contributed by atoms with Crippen molar-refractivity contribution in [3.05, 3.63) is 0 Å². The van der Waals surface area contributed by atoms with Crippen molar-refractivity contribution < 1.29 is 19.8 Å². The maximum absolute atomic E-state index is 9.99. The SMILES string of the molecule is C1CCC(C2CCCCC2)CC1.NC(CCC(=O)O)C(=O)O. The van der Waals surface area contributed by atoms with E-state index in [4.69, 9.17) is 15.9 Å². The zero-order valence-electron chi connectivity index (χ0n) is 13.5. The van der Waals surface area contributed by atoms with Crippen LogP contribution < -0.4 is 5.73 Å². The molecule has 5 nitrogen and oxygen atoms in total. The molecular formula is C17H31NO4. The van der Waals surface area contributed by atoms with Crippen LogP contribution in [0.1, 0.15) is 77.0 Å². The number of aliphatic carboxylic acids is 2. The molecule has 2 fully saturated rings. The predicted molar refractivity (Wildman–Crippen MR) is 85.6 cm³/mol. The maximum atomic E-state index is 9.99. The fourth-order valence-electron chi connectivity index (χ4n) is 3.61. The quantitative estimate of drug-likeness (QED) is 0.722. The number of hydrogen-bond donors (Lipinski definition) is 3. The molecule has 5 heteroatoms. The Labute approximate surface area is 133 Å². The van der Waals surface area contributed by atoms with E-state index in [9.17, 15) is 9.59 Å². The summed E-state index contributed by atoms with van der Waals surface area (Å²) in [5, 5.41) is 16.3. The van der Waals surface area contributed by atoms with Gasteiger partial charge in [-0.15, -0.1) is 0 Å². The summed E-state index contributed by atoms with van der Waals surface area (Å²) < 4.78 is 0. The van der Waals surface area contributed by atoms with Gasteiger partial charge in [0.2, 0.25) is 0 Å². The Morgan fingerprint density at radius 1 is 0.864 bits per heavy atom. The second kappa shape index (κ2) is 10.6. The summed E-state index contributed by atoms with van der Waals surface area (Å²) in [5.74, 6) is 0.0797. The third-order valence-corrected chi connectivity index (χ3v) is 4.95. The van der Waals surface area contributed by atoms with Crippen LogP contribution in [-0.4, -0.2) is 28.2 Å². The van der Waals surface area contributed by atoms with Crippen LogP contribution >= 0.6 is 0 Å². The molecule has 2 saturated carbocycles. The van der Waals surface area contributed by atoms with Gasteiger partial charge in [-0.05, 0) is 18.3 Å². The van der Waals surface area contributed by atoms with Gasteiger partial charge in [0.15, 0.2) is 0 Å². The van der Waals surface area contributed by atoms with Crippen LogP contribution in [0.5, 0.6) is 0 Å². The van der Waals surface area contributed by atoms with Crippen LogP contribution in [0.4, 0.5) is 0 Å². The first-order valence-electron chi connectivity index (χ1n) is 8.71. The molecule has 2 aliphatic rings. The average Bonchev–Trinajstić information content (AvgIpc) is 2.54. The van der Waals surface area contributed by atoms with Crippen molar-refractivity contribution in [2.75, 3.05) is 0 Å². The molecule has 0 aromatic heterocycles. The Bertz CT molecular complexity index is 318. The zero-order valence-corrected chi connectivity index (χ0v) is 13.5. The lowest BCUT2D eigenvalue weighted by Crippen LogP contribution is -2.30. The smallest absolute Gasteiger partial charge is 0.320 e. The molecule has 22 heavy (non-hydrogen) atoms. The minimum atomic E-state index is -1.17. The van der Waals surface area contributed by atoms with Crippen molar-refractivity contribution in [3.63, 3.8) is 0 Å².